The van der Waals surface area contributed by atoms with Gasteiger partial charge in [-0.3, -0.25) is 0 Å². The Bertz CT molecular complexity index is 321. The van der Waals surface area contributed by atoms with Gasteiger partial charge in [-0.2, -0.15) is 5.10 Å². The fourth-order valence-corrected chi connectivity index (χ4v) is 0.843. The molecule has 0 bridgehead atoms. The summed E-state index contributed by atoms with van der Waals surface area (Å²) in [5, 5.41) is 4.00. The van der Waals surface area contributed by atoms with Gasteiger partial charge in [-0.15, -0.1) is 0 Å². The van der Waals surface area contributed by atoms with Gasteiger partial charge in [0.1, 0.15) is 6.26 Å². The third-order valence-corrected chi connectivity index (χ3v) is 1.30. The minimum atomic E-state index is 0.829. The van der Waals surface area contributed by atoms with Crippen molar-refractivity contribution in [2.24, 2.45) is 0 Å². The Labute approximate surface area is 65.6 Å². The van der Waals surface area contributed by atoms with E-state index in [0.29, 0.717) is 0 Å². The second-order valence-corrected chi connectivity index (χ2v) is 1.98. The summed E-state index contributed by atoms with van der Waals surface area (Å²) in [6.45, 7) is 5.96. The summed E-state index contributed by atoms with van der Waals surface area (Å²) in [7, 11) is 0. The zero-order valence-electron chi connectivity index (χ0n) is 7.03. The normalized spacial score (nSPS) is 9.36. The lowest BCUT2D eigenvalue weighted by Crippen LogP contribution is -1.74. The van der Waals surface area contributed by atoms with Crippen molar-refractivity contribution in [1.29, 1.82) is 0 Å². The molecule has 0 saturated carbocycles. The third-order valence-electron chi connectivity index (χ3n) is 1.30. The molecule has 0 aliphatic rings. The maximum Gasteiger partial charge on any atom is 0.224 e. The van der Waals surface area contributed by atoms with E-state index in [1.165, 1.54) is 0 Å². The van der Waals surface area contributed by atoms with Crippen molar-refractivity contribution >= 4 is 5.71 Å². The van der Waals surface area contributed by atoms with Crippen LogP contribution in [0.25, 0.3) is 5.71 Å². The topological polar surface area (TPSA) is 30.4 Å². The molecule has 0 saturated heterocycles. The Hall–Kier alpha value is -1.25. The van der Waals surface area contributed by atoms with E-state index in [2.05, 4.69) is 5.10 Å². The van der Waals surface area contributed by atoms with Crippen molar-refractivity contribution in [2.45, 2.75) is 20.8 Å². The second kappa shape index (κ2) is 3.23. The Morgan fingerprint density at radius 2 is 2.18 bits per heavy atom. The van der Waals surface area contributed by atoms with E-state index in [1.54, 1.807) is 23.2 Å². The first-order valence-corrected chi connectivity index (χ1v) is 3.75. The standard InChI is InChI=1S/C6H6N2O.C2H6/c1-5-4-7-8-2-3-9-6(5)8;1-2/h2-4H,1H3;1-2H3. The Kier molecular flexibility index (Phi) is 2.31. The minimum absolute atomic E-state index is 0.829. The molecule has 2 rings (SSSR count). The molecule has 11 heavy (non-hydrogen) atoms. The van der Waals surface area contributed by atoms with E-state index in [4.69, 9.17) is 4.42 Å². The average Bonchev–Trinajstić information content (AvgIpc) is 2.60. The van der Waals surface area contributed by atoms with E-state index in [-0.39, 0.29) is 0 Å². The number of rotatable bonds is 0. The first-order chi connectivity index (χ1) is 5.38. The molecule has 0 atom stereocenters. The molecule has 0 aromatic carbocycles. The van der Waals surface area contributed by atoms with Crippen LogP contribution in [0.15, 0.2) is 23.1 Å². The Morgan fingerprint density at radius 1 is 1.45 bits per heavy atom. The number of oxazole rings is 1. The lowest BCUT2D eigenvalue weighted by Gasteiger charge is -1.76. The maximum absolute atomic E-state index is 5.09. The molecule has 2 heterocycles. The highest BCUT2D eigenvalue weighted by Gasteiger charge is 1.98. The van der Waals surface area contributed by atoms with Crippen molar-refractivity contribution in [3.05, 3.63) is 24.2 Å². The van der Waals surface area contributed by atoms with Gasteiger partial charge in [-0.25, -0.2) is 4.52 Å². The molecule has 0 N–H and O–H groups in total. The molecule has 3 nitrogen and oxygen atoms in total. The number of fused-ring (bicyclic) bond motifs is 1. The maximum atomic E-state index is 5.09. The highest BCUT2D eigenvalue weighted by atomic mass is 16.3. The van der Waals surface area contributed by atoms with Gasteiger partial charge in [-0.05, 0) is 6.92 Å². The Balaban J connectivity index is 0.000000281. The number of aromatic nitrogens is 2. The van der Waals surface area contributed by atoms with E-state index >= 15 is 0 Å². The van der Waals surface area contributed by atoms with Gasteiger partial charge >= 0.3 is 0 Å². The van der Waals surface area contributed by atoms with Gasteiger partial charge in [0.05, 0.1) is 12.4 Å². The summed E-state index contributed by atoms with van der Waals surface area (Å²) >= 11 is 0. The van der Waals surface area contributed by atoms with Crippen LogP contribution in [0.2, 0.25) is 0 Å². The van der Waals surface area contributed by atoms with Crippen molar-refractivity contribution in [3.8, 4) is 0 Å². The van der Waals surface area contributed by atoms with Gasteiger partial charge in [0.2, 0.25) is 5.71 Å². The molecular formula is C8H12N2O. The van der Waals surface area contributed by atoms with Crippen LogP contribution in [-0.4, -0.2) is 9.61 Å². The smallest absolute Gasteiger partial charge is 0.224 e. The lowest BCUT2D eigenvalue weighted by molar-refractivity contribution is 0.604. The first kappa shape index (κ1) is 7.85. The van der Waals surface area contributed by atoms with E-state index in [9.17, 15) is 0 Å². The molecule has 2 aromatic heterocycles. The summed E-state index contributed by atoms with van der Waals surface area (Å²) in [6, 6.07) is 0. The fraction of sp³-hybridized carbons (Fsp3) is 0.375. The molecule has 60 valence electrons. The number of hydrogen-bond acceptors (Lipinski definition) is 2. The predicted octanol–water partition coefficient (Wildman–Crippen LogP) is 2.26. The summed E-state index contributed by atoms with van der Waals surface area (Å²) < 4.78 is 6.79. The number of nitrogens with zero attached hydrogens (tertiary/aromatic N) is 2. The molecule has 2 aromatic rings. The van der Waals surface area contributed by atoms with Crippen LogP contribution < -0.4 is 0 Å². The third kappa shape index (κ3) is 1.27. The molecule has 0 aliphatic carbocycles. The number of hydrogen-bond donors (Lipinski definition) is 0. The monoisotopic (exact) mass is 152 g/mol. The highest BCUT2D eigenvalue weighted by Crippen LogP contribution is 2.07. The van der Waals surface area contributed by atoms with E-state index in [0.717, 1.165) is 11.3 Å². The molecule has 0 radical (unpaired) electrons. The van der Waals surface area contributed by atoms with Gasteiger partial charge in [0.15, 0.2) is 0 Å². The SMILES string of the molecule is CC.Cc1cnn2ccoc12. The first-order valence-electron chi connectivity index (χ1n) is 3.75. The van der Waals surface area contributed by atoms with Gasteiger partial charge in [0, 0.05) is 5.56 Å². The predicted molar refractivity (Wildman–Crippen MR) is 43.5 cm³/mol. The van der Waals surface area contributed by atoms with Crippen LogP contribution in [0, 0.1) is 6.92 Å². The van der Waals surface area contributed by atoms with Crippen molar-refractivity contribution in [1.82, 2.24) is 9.61 Å². The quantitative estimate of drug-likeness (QED) is 0.579. The molecule has 0 aliphatic heterocycles. The summed E-state index contributed by atoms with van der Waals surface area (Å²) in [6.07, 6.45) is 5.18. The van der Waals surface area contributed by atoms with Crippen molar-refractivity contribution < 1.29 is 4.42 Å². The fourth-order valence-electron chi connectivity index (χ4n) is 0.843. The second-order valence-electron chi connectivity index (χ2n) is 1.98. The molecule has 0 unspecified atom stereocenters. The average molecular weight is 152 g/mol. The van der Waals surface area contributed by atoms with E-state index in [1.807, 2.05) is 20.8 Å². The number of aryl methyl sites for hydroxylation is 1. The summed E-state index contributed by atoms with van der Waals surface area (Å²) in [4.78, 5) is 0. The molecule has 0 fully saturated rings. The molecule has 0 amide bonds. The van der Waals surface area contributed by atoms with Crippen LogP contribution in [0.5, 0.6) is 0 Å². The van der Waals surface area contributed by atoms with Crippen LogP contribution in [0.4, 0.5) is 0 Å². The largest absolute Gasteiger partial charge is 0.445 e. The van der Waals surface area contributed by atoms with Crippen molar-refractivity contribution in [2.75, 3.05) is 0 Å². The van der Waals surface area contributed by atoms with Crippen LogP contribution in [-0.2, 0) is 0 Å². The molecule has 0 spiro atoms. The summed E-state index contributed by atoms with van der Waals surface area (Å²) in [5.41, 5.74) is 1.90. The van der Waals surface area contributed by atoms with E-state index < -0.39 is 0 Å². The zero-order valence-corrected chi connectivity index (χ0v) is 7.03. The van der Waals surface area contributed by atoms with Crippen LogP contribution in [0.1, 0.15) is 19.4 Å². The van der Waals surface area contributed by atoms with Crippen LogP contribution >= 0.6 is 0 Å². The van der Waals surface area contributed by atoms with Gasteiger partial charge < -0.3 is 4.42 Å². The highest BCUT2D eigenvalue weighted by molar-refractivity contribution is 5.40. The zero-order chi connectivity index (χ0) is 8.27. The van der Waals surface area contributed by atoms with Gasteiger partial charge in [0.25, 0.3) is 0 Å². The molecular weight excluding hydrogens is 140 g/mol. The minimum Gasteiger partial charge on any atom is -0.445 e. The van der Waals surface area contributed by atoms with Gasteiger partial charge in [-0.1, -0.05) is 13.8 Å². The lowest BCUT2D eigenvalue weighted by atomic mass is 10.4. The van der Waals surface area contributed by atoms with Crippen LogP contribution in [0.3, 0.4) is 0 Å². The van der Waals surface area contributed by atoms with Crippen molar-refractivity contribution in [3.63, 3.8) is 0 Å². The summed E-state index contributed by atoms with van der Waals surface area (Å²) in [5.74, 6) is 0. The Morgan fingerprint density at radius 3 is 2.82 bits per heavy atom. The molecule has 3 heteroatoms.